The van der Waals surface area contributed by atoms with Gasteiger partial charge in [0.1, 0.15) is 0 Å². The second kappa shape index (κ2) is 11.6. The van der Waals surface area contributed by atoms with Crippen LogP contribution in [0, 0.1) is 0 Å². The predicted octanol–water partition coefficient (Wildman–Crippen LogP) is -0.432. The number of hydrogen-bond acceptors (Lipinski definition) is 6. The molecule has 116 valence electrons. The van der Waals surface area contributed by atoms with Crippen molar-refractivity contribution in [1.82, 2.24) is 10.2 Å². The molecule has 0 aromatic rings. The number of nitrogens with one attached hydrogen (secondary N) is 1. The summed E-state index contributed by atoms with van der Waals surface area (Å²) in [5.41, 5.74) is -0.716. The van der Waals surface area contributed by atoms with E-state index in [-0.39, 0.29) is 0 Å². The van der Waals surface area contributed by atoms with Crippen LogP contribution in [-0.4, -0.2) is 89.5 Å². The normalized spacial score (nSPS) is 14.8. The lowest BCUT2D eigenvalue weighted by atomic mass is 10.1. The molecule has 0 spiro atoms. The van der Waals surface area contributed by atoms with Crippen LogP contribution in [0.25, 0.3) is 0 Å². The summed E-state index contributed by atoms with van der Waals surface area (Å²) >= 11 is 0. The van der Waals surface area contributed by atoms with E-state index in [4.69, 9.17) is 14.2 Å². The number of likely N-dealkylation sites (N-methyl/N-ethyl adjacent to an activating group) is 1. The third-order valence-electron chi connectivity index (χ3n) is 2.39. The Hall–Kier alpha value is -0.240. The van der Waals surface area contributed by atoms with E-state index < -0.39 is 5.60 Å². The molecule has 0 aromatic heterocycles. The summed E-state index contributed by atoms with van der Waals surface area (Å²) in [5, 5.41) is 13.2. The molecule has 6 nitrogen and oxygen atoms in total. The molecule has 0 saturated heterocycles. The van der Waals surface area contributed by atoms with E-state index in [0.29, 0.717) is 46.1 Å². The topological polar surface area (TPSA) is 63.2 Å². The molecule has 0 radical (unpaired) electrons. The van der Waals surface area contributed by atoms with Gasteiger partial charge in [0.05, 0.1) is 38.6 Å². The number of ether oxygens (including phenoxy) is 3. The van der Waals surface area contributed by atoms with Gasteiger partial charge in [0.2, 0.25) is 0 Å². The molecule has 1 atom stereocenters. The second-order valence-electron chi connectivity index (χ2n) is 5.13. The van der Waals surface area contributed by atoms with Crippen LogP contribution in [0.15, 0.2) is 0 Å². The quantitative estimate of drug-likeness (QED) is 0.446. The largest absolute Gasteiger partial charge is 0.388 e. The van der Waals surface area contributed by atoms with Gasteiger partial charge < -0.3 is 29.5 Å². The fraction of sp³-hybridized carbons (Fsp3) is 1.00. The maximum absolute atomic E-state index is 10.0. The minimum absolute atomic E-state index is 0.554. The van der Waals surface area contributed by atoms with Crippen molar-refractivity contribution in [1.29, 1.82) is 0 Å². The van der Waals surface area contributed by atoms with E-state index in [9.17, 15) is 5.11 Å². The van der Waals surface area contributed by atoms with Crippen LogP contribution >= 0.6 is 0 Å². The number of rotatable bonds is 13. The zero-order valence-electron chi connectivity index (χ0n) is 12.8. The molecule has 6 heteroatoms. The lowest BCUT2D eigenvalue weighted by Gasteiger charge is -2.27. The predicted molar refractivity (Wildman–Crippen MR) is 75.6 cm³/mol. The highest BCUT2D eigenvalue weighted by atomic mass is 16.5. The Bertz CT molecular complexity index is 201. The van der Waals surface area contributed by atoms with Gasteiger partial charge in [0.25, 0.3) is 0 Å². The highest BCUT2D eigenvalue weighted by Crippen LogP contribution is 2.01. The van der Waals surface area contributed by atoms with E-state index in [1.54, 1.807) is 7.11 Å². The SMILES string of the molecule is COCCOCCOCCNCC(C)(O)CN(C)C. The molecule has 0 aliphatic carbocycles. The van der Waals surface area contributed by atoms with Crippen molar-refractivity contribution in [2.45, 2.75) is 12.5 Å². The minimum Gasteiger partial charge on any atom is -0.388 e. The monoisotopic (exact) mass is 278 g/mol. The van der Waals surface area contributed by atoms with Gasteiger partial charge in [-0.05, 0) is 21.0 Å². The highest BCUT2D eigenvalue weighted by molar-refractivity contribution is 4.77. The van der Waals surface area contributed by atoms with Crippen molar-refractivity contribution in [2.75, 3.05) is 73.9 Å². The van der Waals surface area contributed by atoms with E-state index in [1.807, 2.05) is 25.9 Å². The first kappa shape index (κ1) is 18.8. The fourth-order valence-electron chi connectivity index (χ4n) is 1.70. The Morgan fingerprint density at radius 2 is 1.63 bits per heavy atom. The molecule has 0 aliphatic heterocycles. The standard InChI is InChI=1S/C13H30N2O4/c1-13(16,12-15(2)3)11-14-5-6-18-9-10-19-8-7-17-4/h14,16H,5-12H2,1-4H3. The average molecular weight is 278 g/mol. The van der Waals surface area contributed by atoms with Crippen LogP contribution in [0.1, 0.15) is 6.92 Å². The molecule has 0 heterocycles. The summed E-state index contributed by atoms with van der Waals surface area (Å²) in [4.78, 5) is 1.97. The Morgan fingerprint density at radius 3 is 2.21 bits per heavy atom. The van der Waals surface area contributed by atoms with E-state index >= 15 is 0 Å². The smallest absolute Gasteiger partial charge is 0.0869 e. The molecule has 0 fully saturated rings. The third kappa shape index (κ3) is 14.0. The summed E-state index contributed by atoms with van der Waals surface area (Å²) in [6, 6.07) is 0. The molecular weight excluding hydrogens is 248 g/mol. The number of hydrogen-bond donors (Lipinski definition) is 2. The van der Waals surface area contributed by atoms with Crippen molar-refractivity contribution in [3.63, 3.8) is 0 Å². The van der Waals surface area contributed by atoms with Crippen molar-refractivity contribution in [3.8, 4) is 0 Å². The number of methoxy groups -OCH3 is 1. The van der Waals surface area contributed by atoms with Gasteiger partial charge in [-0.3, -0.25) is 0 Å². The Balaban J connectivity index is 3.26. The summed E-state index contributed by atoms with van der Waals surface area (Å²) in [5.74, 6) is 0. The van der Waals surface area contributed by atoms with Crippen LogP contribution < -0.4 is 5.32 Å². The summed E-state index contributed by atoms with van der Waals surface area (Å²) < 4.78 is 15.5. The van der Waals surface area contributed by atoms with Crippen LogP contribution in [0.4, 0.5) is 0 Å². The fourth-order valence-corrected chi connectivity index (χ4v) is 1.70. The molecule has 2 N–H and O–H groups in total. The first-order valence-corrected chi connectivity index (χ1v) is 6.70. The van der Waals surface area contributed by atoms with Crippen LogP contribution in [-0.2, 0) is 14.2 Å². The summed E-state index contributed by atoms with van der Waals surface area (Å²) in [6.07, 6.45) is 0. The second-order valence-corrected chi connectivity index (χ2v) is 5.13. The van der Waals surface area contributed by atoms with Gasteiger partial charge in [0, 0.05) is 26.7 Å². The van der Waals surface area contributed by atoms with Crippen LogP contribution in [0.2, 0.25) is 0 Å². The zero-order chi connectivity index (χ0) is 14.6. The maximum atomic E-state index is 10.0. The van der Waals surface area contributed by atoms with E-state index in [0.717, 1.165) is 6.54 Å². The molecule has 1 unspecified atom stereocenters. The van der Waals surface area contributed by atoms with Gasteiger partial charge in [-0.1, -0.05) is 0 Å². The Morgan fingerprint density at radius 1 is 1.05 bits per heavy atom. The van der Waals surface area contributed by atoms with Crippen molar-refractivity contribution in [2.24, 2.45) is 0 Å². The number of nitrogens with zero attached hydrogens (tertiary/aromatic N) is 1. The Labute approximate surface area is 117 Å². The number of aliphatic hydroxyl groups is 1. The minimum atomic E-state index is -0.716. The molecule has 19 heavy (non-hydrogen) atoms. The molecule has 0 rings (SSSR count). The zero-order valence-corrected chi connectivity index (χ0v) is 12.8. The maximum Gasteiger partial charge on any atom is 0.0869 e. The average Bonchev–Trinajstić information content (AvgIpc) is 2.30. The van der Waals surface area contributed by atoms with Crippen LogP contribution in [0.5, 0.6) is 0 Å². The lowest BCUT2D eigenvalue weighted by molar-refractivity contribution is 0.0193. The van der Waals surface area contributed by atoms with E-state index in [2.05, 4.69) is 5.32 Å². The Kier molecular flexibility index (Phi) is 11.4. The van der Waals surface area contributed by atoms with Gasteiger partial charge in [0.15, 0.2) is 0 Å². The molecule has 0 saturated carbocycles. The van der Waals surface area contributed by atoms with Crippen molar-refractivity contribution < 1.29 is 19.3 Å². The van der Waals surface area contributed by atoms with Crippen LogP contribution in [0.3, 0.4) is 0 Å². The van der Waals surface area contributed by atoms with Gasteiger partial charge >= 0.3 is 0 Å². The van der Waals surface area contributed by atoms with E-state index in [1.165, 1.54) is 0 Å². The lowest BCUT2D eigenvalue weighted by Crippen LogP contribution is -2.46. The molecular formula is C13H30N2O4. The first-order chi connectivity index (χ1) is 8.98. The van der Waals surface area contributed by atoms with Gasteiger partial charge in [-0.15, -0.1) is 0 Å². The first-order valence-electron chi connectivity index (χ1n) is 6.70. The van der Waals surface area contributed by atoms with Crippen molar-refractivity contribution >= 4 is 0 Å². The summed E-state index contributed by atoms with van der Waals surface area (Å²) in [6.45, 7) is 6.74. The van der Waals surface area contributed by atoms with Gasteiger partial charge in [-0.25, -0.2) is 0 Å². The molecule has 0 aliphatic rings. The molecule has 0 bridgehead atoms. The molecule has 0 aromatic carbocycles. The summed E-state index contributed by atoms with van der Waals surface area (Å²) in [7, 11) is 5.54. The third-order valence-corrected chi connectivity index (χ3v) is 2.39. The molecule has 0 amide bonds. The van der Waals surface area contributed by atoms with Crippen molar-refractivity contribution in [3.05, 3.63) is 0 Å². The highest BCUT2D eigenvalue weighted by Gasteiger charge is 2.20. The van der Waals surface area contributed by atoms with Gasteiger partial charge in [-0.2, -0.15) is 0 Å².